The normalized spacial score (nSPS) is 16.0. The average Bonchev–Trinajstić information content (AvgIpc) is 3.10. The molecule has 0 unspecified atom stereocenters. The van der Waals surface area contributed by atoms with Crippen molar-refractivity contribution in [2.45, 2.75) is 19.8 Å². The number of hydrogen-bond acceptors (Lipinski definition) is 2. The quantitative estimate of drug-likeness (QED) is 0.615. The van der Waals surface area contributed by atoms with Gasteiger partial charge in [-0.3, -0.25) is 4.79 Å². The molecule has 84 valence electrons. The molecule has 1 N–H and O–H groups in total. The second kappa shape index (κ2) is 4.43. The highest BCUT2D eigenvalue weighted by Crippen LogP contribution is 2.28. The molecule has 2 rings (SSSR count). The van der Waals surface area contributed by atoms with Gasteiger partial charge >= 0.3 is 0 Å². The largest absolute Gasteiger partial charge is 0.273 e. The SMILES string of the molecule is C/C(=N/NC(=O)C1CC1)c1ccc(F)cc1. The van der Waals surface area contributed by atoms with E-state index in [0.717, 1.165) is 18.4 Å². The van der Waals surface area contributed by atoms with E-state index in [4.69, 9.17) is 0 Å². The third-order valence-electron chi connectivity index (χ3n) is 2.54. The lowest BCUT2D eigenvalue weighted by molar-refractivity contribution is -0.122. The van der Waals surface area contributed by atoms with E-state index in [2.05, 4.69) is 10.5 Å². The summed E-state index contributed by atoms with van der Waals surface area (Å²) in [7, 11) is 0. The molecule has 4 heteroatoms. The maximum atomic E-state index is 12.7. The molecule has 1 aromatic carbocycles. The van der Waals surface area contributed by atoms with E-state index in [-0.39, 0.29) is 17.6 Å². The van der Waals surface area contributed by atoms with Gasteiger partial charge in [0.2, 0.25) is 5.91 Å². The maximum absolute atomic E-state index is 12.7. The first-order chi connectivity index (χ1) is 7.66. The number of rotatable bonds is 3. The third-order valence-corrected chi connectivity index (χ3v) is 2.54. The molecule has 1 aliphatic rings. The number of halogens is 1. The maximum Gasteiger partial charge on any atom is 0.243 e. The Labute approximate surface area is 93.4 Å². The third kappa shape index (κ3) is 2.66. The van der Waals surface area contributed by atoms with E-state index in [1.807, 2.05) is 0 Å². The Hall–Kier alpha value is -1.71. The molecule has 0 radical (unpaired) electrons. The molecule has 0 bridgehead atoms. The lowest BCUT2D eigenvalue weighted by Crippen LogP contribution is -2.20. The van der Waals surface area contributed by atoms with Gasteiger partial charge in [-0.05, 0) is 37.5 Å². The summed E-state index contributed by atoms with van der Waals surface area (Å²) < 4.78 is 12.7. The van der Waals surface area contributed by atoms with Crippen LogP contribution in [0.15, 0.2) is 29.4 Å². The van der Waals surface area contributed by atoms with E-state index in [0.29, 0.717) is 5.71 Å². The van der Waals surface area contributed by atoms with E-state index in [9.17, 15) is 9.18 Å². The highest BCUT2D eigenvalue weighted by molar-refractivity contribution is 5.99. The number of hydrogen-bond donors (Lipinski definition) is 1. The van der Waals surface area contributed by atoms with E-state index in [1.165, 1.54) is 12.1 Å². The summed E-state index contributed by atoms with van der Waals surface area (Å²) in [4.78, 5) is 11.3. The monoisotopic (exact) mass is 220 g/mol. The van der Waals surface area contributed by atoms with Crippen LogP contribution in [0.1, 0.15) is 25.3 Å². The van der Waals surface area contributed by atoms with Crippen molar-refractivity contribution in [3.63, 3.8) is 0 Å². The Morgan fingerprint density at radius 1 is 1.38 bits per heavy atom. The van der Waals surface area contributed by atoms with E-state index < -0.39 is 0 Å². The first-order valence-electron chi connectivity index (χ1n) is 5.27. The predicted molar refractivity (Wildman–Crippen MR) is 59.5 cm³/mol. The van der Waals surface area contributed by atoms with Gasteiger partial charge in [-0.15, -0.1) is 0 Å². The van der Waals surface area contributed by atoms with Crippen molar-refractivity contribution in [2.24, 2.45) is 11.0 Å². The highest BCUT2D eigenvalue weighted by atomic mass is 19.1. The molecule has 1 fully saturated rings. The Morgan fingerprint density at radius 2 is 2.00 bits per heavy atom. The Bertz CT molecular complexity index is 421. The van der Waals surface area contributed by atoms with Gasteiger partial charge in [-0.2, -0.15) is 5.10 Å². The molecular weight excluding hydrogens is 207 g/mol. The fourth-order valence-corrected chi connectivity index (χ4v) is 1.33. The molecular formula is C12H13FN2O. The van der Waals surface area contributed by atoms with Crippen LogP contribution >= 0.6 is 0 Å². The van der Waals surface area contributed by atoms with Crippen molar-refractivity contribution in [3.05, 3.63) is 35.6 Å². The molecule has 0 heterocycles. The molecule has 0 aromatic heterocycles. The summed E-state index contributed by atoms with van der Waals surface area (Å²) >= 11 is 0. The van der Waals surface area contributed by atoms with Gasteiger partial charge in [0, 0.05) is 5.92 Å². The molecule has 0 saturated heterocycles. The van der Waals surface area contributed by atoms with E-state index in [1.54, 1.807) is 19.1 Å². The van der Waals surface area contributed by atoms with Crippen LogP contribution in [0.25, 0.3) is 0 Å². The van der Waals surface area contributed by atoms with Crippen LogP contribution in [0.2, 0.25) is 0 Å². The Morgan fingerprint density at radius 3 is 2.56 bits per heavy atom. The molecule has 0 atom stereocenters. The number of hydrazone groups is 1. The van der Waals surface area contributed by atoms with E-state index >= 15 is 0 Å². The molecule has 0 aliphatic heterocycles. The van der Waals surface area contributed by atoms with Crippen LogP contribution in [0, 0.1) is 11.7 Å². The van der Waals surface area contributed by atoms with Crippen LogP contribution in [0.3, 0.4) is 0 Å². The fourth-order valence-electron chi connectivity index (χ4n) is 1.33. The average molecular weight is 220 g/mol. The minimum Gasteiger partial charge on any atom is -0.273 e. The fraction of sp³-hybridized carbons (Fsp3) is 0.333. The molecule has 16 heavy (non-hydrogen) atoms. The molecule has 0 spiro atoms. The minimum atomic E-state index is -0.279. The van der Waals surface area contributed by atoms with Crippen molar-refractivity contribution in [3.8, 4) is 0 Å². The van der Waals surface area contributed by atoms with Crippen LogP contribution in [-0.4, -0.2) is 11.6 Å². The number of nitrogens with zero attached hydrogens (tertiary/aromatic N) is 1. The standard InChI is InChI=1S/C12H13FN2O/c1-8(9-4-6-11(13)7-5-9)14-15-12(16)10-2-3-10/h4-7,10H,2-3H2,1H3,(H,15,16)/b14-8-. The Balaban J connectivity index is 2.00. The van der Waals surface area contributed by atoms with Crippen molar-refractivity contribution >= 4 is 11.6 Å². The summed E-state index contributed by atoms with van der Waals surface area (Å²) in [6.07, 6.45) is 1.91. The van der Waals surface area contributed by atoms with Gasteiger partial charge in [0.15, 0.2) is 0 Å². The van der Waals surface area contributed by atoms with Crippen LogP contribution < -0.4 is 5.43 Å². The predicted octanol–water partition coefficient (Wildman–Crippen LogP) is 2.08. The van der Waals surface area contributed by atoms with Gasteiger partial charge in [0.25, 0.3) is 0 Å². The van der Waals surface area contributed by atoms with Crippen LogP contribution in [-0.2, 0) is 4.79 Å². The first-order valence-corrected chi connectivity index (χ1v) is 5.27. The number of carbonyl (C=O) groups excluding carboxylic acids is 1. The van der Waals surface area contributed by atoms with Crippen LogP contribution in [0.4, 0.5) is 4.39 Å². The van der Waals surface area contributed by atoms with Gasteiger partial charge in [0.05, 0.1) is 5.71 Å². The summed E-state index contributed by atoms with van der Waals surface area (Å²) in [5, 5.41) is 3.98. The first kappa shape index (κ1) is 10.8. The van der Waals surface area contributed by atoms with Crippen LogP contribution in [0.5, 0.6) is 0 Å². The molecule has 1 saturated carbocycles. The Kier molecular flexibility index (Phi) is 2.99. The number of carbonyl (C=O) groups is 1. The zero-order valence-electron chi connectivity index (χ0n) is 9.03. The van der Waals surface area contributed by atoms with Crippen molar-refractivity contribution in [2.75, 3.05) is 0 Å². The van der Waals surface area contributed by atoms with Gasteiger partial charge < -0.3 is 0 Å². The second-order valence-electron chi connectivity index (χ2n) is 3.95. The molecule has 3 nitrogen and oxygen atoms in total. The van der Waals surface area contributed by atoms with Gasteiger partial charge in [0.1, 0.15) is 5.82 Å². The summed E-state index contributed by atoms with van der Waals surface area (Å²) in [6.45, 7) is 1.78. The van der Waals surface area contributed by atoms with Crippen molar-refractivity contribution in [1.82, 2.24) is 5.43 Å². The summed E-state index contributed by atoms with van der Waals surface area (Å²) in [6, 6.07) is 6.02. The second-order valence-corrected chi connectivity index (χ2v) is 3.95. The van der Waals surface area contributed by atoms with Gasteiger partial charge in [-0.1, -0.05) is 12.1 Å². The van der Waals surface area contributed by atoms with Crippen molar-refractivity contribution in [1.29, 1.82) is 0 Å². The topological polar surface area (TPSA) is 41.5 Å². The van der Waals surface area contributed by atoms with Gasteiger partial charge in [-0.25, -0.2) is 9.82 Å². The smallest absolute Gasteiger partial charge is 0.243 e. The summed E-state index contributed by atoms with van der Waals surface area (Å²) in [5.41, 5.74) is 3.99. The zero-order valence-corrected chi connectivity index (χ0v) is 9.03. The molecule has 1 aliphatic carbocycles. The highest BCUT2D eigenvalue weighted by Gasteiger charge is 2.29. The number of nitrogens with one attached hydrogen (secondary N) is 1. The molecule has 1 amide bonds. The zero-order chi connectivity index (χ0) is 11.5. The lowest BCUT2D eigenvalue weighted by Gasteiger charge is -2.01. The number of amides is 1. The summed E-state index contributed by atoms with van der Waals surface area (Å²) in [5.74, 6) is -0.162. The number of benzene rings is 1. The lowest BCUT2D eigenvalue weighted by atomic mass is 10.1. The molecule has 1 aromatic rings. The minimum absolute atomic E-state index is 0.0264. The van der Waals surface area contributed by atoms with Crippen molar-refractivity contribution < 1.29 is 9.18 Å².